The highest BCUT2D eigenvalue weighted by Crippen LogP contribution is 2.47. The molecular weight excluding hydrogens is 324 g/mol. The summed E-state index contributed by atoms with van der Waals surface area (Å²) in [6.07, 6.45) is 0.666. The summed E-state index contributed by atoms with van der Waals surface area (Å²) >= 11 is 0. The number of hydrogen-bond acceptors (Lipinski definition) is 5. The van der Waals surface area contributed by atoms with Crippen molar-refractivity contribution in [2.24, 2.45) is 5.41 Å². The zero-order valence-corrected chi connectivity index (χ0v) is 15.0. The maximum Gasteiger partial charge on any atom is 0.407 e. The van der Waals surface area contributed by atoms with Crippen molar-refractivity contribution >= 4 is 6.09 Å². The largest absolute Gasteiger partial charge is 0.465 e. The molecule has 0 bridgehead atoms. The fourth-order valence-corrected chi connectivity index (χ4v) is 4.21. The van der Waals surface area contributed by atoms with E-state index in [0.717, 1.165) is 37.4 Å². The number of aromatic nitrogens is 3. The summed E-state index contributed by atoms with van der Waals surface area (Å²) in [5.74, 6) is 0.333. The lowest BCUT2D eigenvalue weighted by Gasteiger charge is -2.40. The molecule has 3 atom stereocenters. The molecule has 0 radical (unpaired) electrons. The minimum absolute atomic E-state index is 0.0919. The number of nitrogens with zero attached hydrogens (tertiary/aromatic N) is 4. The minimum Gasteiger partial charge on any atom is -0.465 e. The van der Waals surface area contributed by atoms with Crippen LogP contribution in [0.5, 0.6) is 0 Å². The molecule has 3 aliphatic heterocycles. The molecule has 8 heteroatoms. The molecule has 0 aliphatic carbocycles. The van der Waals surface area contributed by atoms with Gasteiger partial charge in [0.25, 0.3) is 0 Å². The van der Waals surface area contributed by atoms with E-state index in [1.807, 2.05) is 4.68 Å². The molecule has 1 N–H and O–H groups in total. The fraction of sp³-hybridized carbons (Fsp3) is 0.824. The van der Waals surface area contributed by atoms with Gasteiger partial charge in [-0.2, -0.15) is 0 Å². The molecular formula is C17H26N4O4. The predicted molar refractivity (Wildman–Crippen MR) is 88.5 cm³/mol. The molecule has 4 rings (SSSR count). The van der Waals surface area contributed by atoms with Gasteiger partial charge < -0.3 is 19.5 Å². The summed E-state index contributed by atoms with van der Waals surface area (Å²) in [5.41, 5.74) is 1.92. The van der Waals surface area contributed by atoms with Crippen LogP contribution < -0.4 is 0 Å². The summed E-state index contributed by atoms with van der Waals surface area (Å²) in [5, 5.41) is 18.3. The van der Waals surface area contributed by atoms with E-state index in [1.54, 1.807) is 0 Å². The second-order valence-electron chi connectivity index (χ2n) is 8.37. The second kappa shape index (κ2) is 5.95. The van der Waals surface area contributed by atoms with Crippen LogP contribution >= 0.6 is 0 Å². The van der Waals surface area contributed by atoms with Gasteiger partial charge in [0.2, 0.25) is 0 Å². The van der Waals surface area contributed by atoms with Gasteiger partial charge >= 0.3 is 6.09 Å². The standard InChI is InChI=1S/C17H26N4O4/c1-17(2,3)15-14-13(10-4-6-24-7-5-10)18-19-21(14)11-8-20(16(22)23)9-12(11)25-15/h10-12,15H,4-9H2,1-3H3,(H,22,23)/t11-,12-,15?/m1/s1. The van der Waals surface area contributed by atoms with Crippen LogP contribution in [-0.2, 0) is 9.47 Å². The fourth-order valence-electron chi connectivity index (χ4n) is 4.21. The molecule has 1 unspecified atom stereocenters. The first-order chi connectivity index (χ1) is 11.9. The number of ether oxygens (including phenoxy) is 2. The number of fused-ring (bicyclic) bond motifs is 3. The summed E-state index contributed by atoms with van der Waals surface area (Å²) in [6.45, 7) is 8.72. The van der Waals surface area contributed by atoms with E-state index in [1.165, 1.54) is 4.90 Å². The molecule has 1 aromatic rings. The number of carbonyl (C=O) groups is 1. The van der Waals surface area contributed by atoms with E-state index in [9.17, 15) is 9.90 Å². The molecule has 25 heavy (non-hydrogen) atoms. The molecule has 2 fully saturated rings. The monoisotopic (exact) mass is 350 g/mol. The zero-order chi connectivity index (χ0) is 17.8. The van der Waals surface area contributed by atoms with Gasteiger partial charge in [-0.05, 0) is 18.3 Å². The lowest BCUT2D eigenvalue weighted by atomic mass is 9.82. The maximum atomic E-state index is 11.4. The predicted octanol–water partition coefficient (Wildman–Crippen LogP) is 2.19. The van der Waals surface area contributed by atoms with Crippen LogP contribution in [0.2, 0.25) is 0 Å². The van der Waals surface area contributed by atoms with Crippen LogP contribution in [0, 0.1) is 5.41 Å². The summed E-state index contributed by atoms with van der Waals surface area (Å²) in [4.78, 5) is 12.8. The van der Waals surface area contributed by atoms with Gasteiger partial charge in [-0.25, -0.2) is 9.48 Å². The Balaban J connectivity index is 1.74. The Bertz CT molecular complexity index is 662. The molecule has 3 aliphatic rings. The third-order valence-electron chi connectivity index (χ3n) is 5.53. The number of amides is 1. The normalized spacial score (nSPS) is 30.2. The van der Waals surface area contributed by atoms with Gasteiger partial charge in [0, 0.05) is 25.7 Å². The lowest BCUT2D eigenvalue weighted by Crippen LogP contribution is -2.40. The van der Waals surface area contributed by atoms with Gasteiger partial charge in [-0.15, -0.1) is 5.10 Å². The summed E-state index contributed by atoms with van der Waals surface area (Å²) in [6, 6.07) is -0.0919. The first-order valence-electron chi connectivity index (χ1n) is 9.02. The van der Waals surface area contributed by atoms with Crippen LogP contribution in [-0.4, -0.2) is 63.5 Å². The van der Waals surface area contributed by atoms with E-state index in [0.29, 0.717) is 19.0 Å². The molecule has 1 amide bonds. The van der Waals surface area contributed by atoms with Gasteiger partial charge in [-0.1, -0.05) is 26.0 Å². The number of rotatable bonds is 1. The number of carboxylic acid groups (broad SMARTS) is 1. The van der Waals surface area contributed by atoms with Gasteiger partial charge in [0.05, 0.1) is 24.0 Å². The summed E-state index contributed by atoms with van der Waals surface area (Å²) in [7, 11) is 0. The average molecular weight is 350 g/mol. The average Bonchev–Trinajstić information content (AvgIpc) is 3.17. The third-order valence-corrected chi connectivity index (χ3v) is 5.53. The number of hydrogen-bond donors (Lipinski definition) is 1. The van der Waals surface area contributed by atoms with Crippen molar-refractivity contribution in [2.45, 2.75) is 57.8 Å². The Morgan fingerprint density at radius 1 is 1.24 bits per heavy atom. The Morgan fingerprint density at radius 3 is 2.60 bits per heavy atom. The van der Waals surface area contributed by atoms with E-state index in [4.69, 9.17) is 9.47 Å². The molecule has 0 spiro atoms. The highest BCUT2D eigenvalue weighted by Gasteiger charge is 2.49. The molecule has 0 aromatic carbocycles. The Hall–Kier alpha value is -1.67. The van der Waals surface area contributed by atoms with E-state index in [-0.39, 0.29) is 23.7 Å². The molecule has 0 saturated carbocycles. The molecule has 8 nitrogen and oxygen atoms in total. The summed E-state index contributed by atoms with van der Waals surface area (Å²) < 4.78 is 13.9. The van der Waals surface area contributed by atoms with E-state index in [2.05, 4.69) is 31.1 Å². The molecule has 1 aromatic heterocycles. The van der Waals surface area contributed by atoms with Crippen LogP contribution in [0.25, 0.3) is 0 Å². The van der Waals surface area contributed by atoms with Crippen molar-refractivity contribution < 1.29 is 19.4 Å². The van der Waals surface area contributed by atoms with Gasteiger partial charge in [0.15, 0.2) is 0 Å². The Labute approximate surface area is 147 Å². The van der Waals surface area contributed by atoms with Gasteiger partial charge in [-0.3, -0.25) is 0 Å². The quantitative estimate of drug-likeness (QED) is 0.835. The van der Waals surface area contributed by atoms with Crippen molar-refractivity contribution in [3.05, 3.63) is 11.4 Å². The van der Waals surface area contributed by atoms with Crippen molar-refractivity contribution in [2.75, 3.05) is 26.3 Å². The Morgan fingerprint density at radius 2 is 1.96 bits per heavy atom. The van der Waals surface area contributed by atoms with E-state index >= 15 is 0 Å². The smallest absolute Gasteiger partial charge is 0.407 e. The molecule has 138 valence electrons. The van der Waals surface area contributed by atoms with Crippen molar-refractivity contribution in [1.29, 1.82) is 0 Å². The number of likely N-dealkylation sites (tertiary alicyclic amines) is 1. The first-order valence-corrected chi connectivity index (χ1v) is 9.02. The van der Waals surface area contributed by atoms with E-state index < -0.39 is 6.09 Å². The second-order valence-corrected chi connectivity index (χ2v) is 8.37. The maximum absolute atomic E-state index is 11.4. The van der Waals surface area contributed by atoms with Crippen LogP contribution in [0.15, 0.2) is 0 Å². The van der Waals surface area contributed by atoms with Crippen molar-refractivity contribution in [1.82, 2.24) is 19.9 Å². The minimum atomic E-state index is -0.906. The van der Waals surface area contributed by atoms with Crippen LogP contribution in [0.4, 0.5) is 4.79 Å². The lowest BCUT2D eigenvalue weighted by molar-refractivity contribution is -0.103. The molecule has 4 heterocycles. The third kappa shape index (κ3) is 2.81. The topological polar surface area (TPSA) is 89.7 Å². The van der Waals surface area contributed by atoms with Crippen LogP contribution in [0.1, 0.15) is 63.1 Å². The highest BCUT2D eigenvalue weighted by molar-refractivity contribution is 5.65. The SMILES string of the molecule is CC(C)(C)C1O[C@@H]2CN(C(=O)O)C[C@H]2n2nnc(C3CCOCC3)c21. The zero-order valence-electron chi connectivity index (χ0n) is 15.0. The highest BCUT2D eigenvalue weighted by atomic mass is 16.5. The van der Waals surface area contributed by atoms with Crippen molar-refractivity contribution in [3.8, 4) is 0 Å². The van der Waals surface area contributed by atoms with Crippen molar-refractivity contribution in [3.63, 3.8) is 0 Å². The Kier molecular flexibility index (Phi) is 3.99. The first kappa shape index (κ1) is 16.8. The van der Waals surface area contributed by atoms with Gasteiger partial charge in [0.1, 0.15) is 12.2 Å². The molecule has 2 saturated heterocycles. The van der Waals surface area contributed by atoms with Crippen LogP contribution in [0.3, 0.4) is 0 Å².